The van der Waals surface area contributed by atoms with E-state index in [1.165, 1.54) is 24.0 Å². The van der Waals surface area contributed by atoms with Crippen molar-refractivity contribution in [2.45, 2.75) is 4.90 Å². The van der Waals surface area contributed by atoms with Crippen molar-refractivity contribution in [2.75, 3.05) is 5.75 Å². The summed E-state index contributed by atoms with van der Waals surface area (Å²) in [4.78, 5) is 14.9. The smallest absolute Gasteiger partial charge is 0.354 e. The van der Waals surface area contributed by atoms with Gasteiger partial charge in [-0.05, 0) is 12.1 Å². The van der Waals surface area contributed by atoms with E-state index in [-0.39, 0.29) is 5.69 Å². The van der Waals surface area contributed by atoms with Gasteiger partial charge >= 0.3 is 5.97 Å². The Morgan fingerprint density at radius 1 is 1.77 bits per heavy atom. The molecule has 0 spiro atoms. The summed E-state index contributed by atoms with van der Waals surface area (Å²) in [5.74, 6) is -0.748. The summed E-state index contributed by atoms with van der Waals surface area (Å²) in [7, 11) is 0. The summed E-state index contributed by atoms with van der Waals surface area (Å²) < 4.78 is 0. The maximum atomic E-state index is 10.5. The zero-order chi connectivity index (χ0) is 9.68. The molecule has 0 saturated carbocycles. The first-order valence-corrected chi connectivity index (χ1v) is 4.41. The molecule has 0 aliphatic heterocycles. The highest BCUT2D eigenvalue weighted by Crippen LogP contribution is 2.16. The van der Waals surface area contributed by atoms with Crippen LogP contribution in [0.5, 0.6) is 0 Å². The lowest BCUT2D eigenvalue weighted by Gasteiger charge is -1.97. The van der Waals surface area contributed by atoms with Gasteiger partial charge in [0.1, 0.15) is 5.69 Å². The predicted molar refractivity (Wildman–Crippen MR) is 47.5 cm³/mol. The zero-order valence-corrected chi connectivity index (χ0v) is 7.41. The number of rotatable bonds is 3. The molecule has 1 heterocycles. The summed E-state index contributed by atoms with van der Waals surface area (Å²) in [6.45, 7) is 0. The molecule has 66 valence electrons. The molecule has 0 fully saturated rings. The molecule has 0 aliphatic rings. The van der Waals surface area contributed by atoms with Gasteiger partial charge in [0.2, 0.25) is 0 Å². The minimum absolute atomic E-state index is 0.00272. The predicted octanol–water partition coefficient (Wildman–Crippen LogP) is 1.40. The minimum Gasteiger partial charge on any atom is -0.477 e. The van der Waals surface area contributed by atoms with E-state index in [9.17, 15) is 4.79 Å². The average molecular weight is 194 g/mol. The van der Waals surface area contributed by atoms with E-state index in [4.69, 9.17) is 10.4 Å². The Balaban J connectivity index is 2.80. The van der Waals surface area contributed by atoms with Crippen LogP contribution < -0.4 is 0 Å². The second-order valence-corrected chi connectivity index (χ2v) is 3.18. The van der Waals surface area contributed by atoms with Crippen molar-refractivity contribution in [2.24, 2.45) is 0 Å². The van der Waals surface area contributed by atoms with Crippen LogP contribution in [0, 0.1) is 11.3 Å². The van der Waals surface area contributed by atoms with Crippen molar-refractivity contribution in [3.05, 3.63) is 24.0 Å². The Morgan fingerprint density at radius 3 is 3.15 bits per heavy atom. The summed E-state index contributed by atoms with van der Waals surface area (Å²) in [6, 6.07) is 5.08. The quantitative estimate of drug-likeness (QED) is 0.736. The van der Waals surface area contributed by atoms with Crippen LogP contribution in [-0.2, 0) is 0 Å². The molecule has 13 heavy (non-hydrogen) atoms. The Hall–Kier alpha value is -1.54. The monoisotopic (exact) mass is 194 g/mol. The van der Waals surface area contributed by atoms with Gasteiger partial charge in [-0.15, -0.1) is 11.8 Å². The van der Waals surface area contributed by atoms with E-state index in [2.05, 4.69) is 4.98 Å². The average Bonchev–Trinajstić information content (AvgIpc) is 2.15. The van der Waals surface area contributed by atoms with Gasteiger partial charge in [-0.25, -0.2) is 9.78 Å². The topological polar surface area (TPSA) is 74.0 Å². The molecular weight excluding hydrogens is 188 g/mol. The highest BCUT2D eigenvalue weighted by molar-refractivity contribution is 7.99. The SMILES string of the molecule is N#CCSc1ccnc(C(=O)O)c1. The van der Waals surface area contributed by atoms with Crippen molar-refractivity contribution in [1.29, 1.82) is 5.26 Å². The molecule has 0 unspecified atom stereocenters. The van der Waals surface area contributed by atoms with Crippen LogP contribution in [0.4, 0.5) is 0 Å². The Kier molecular flexibility index (Phi) is 3.29. The maximum Gasteiger partial charge on any atom is 0.354 e. The number of aromatic carboxylic acids is 1. The number of hydrogen-bond donors (Lipinski definition) is 1. The van der Waals surface area contributed by atoms with Gasteiger partial charge in [0.05, 0.1) is 11.8 Å². The largest absolute Gasteiger partial charge is 0.477 e. The standard InChI is InChI=1S/C8H6N2O2S/c9-2-4-13-6-1-3-10-7(5-6)8(11)12/h1,3,5H,4H2,(H,11,12). The van der Waals surface area contributed by atoms with E-state index < -0.39 is 5.97 Å². The second-order valence-electron chi connectivity index (χ2n) is 2.13. The third-order valence-corrected chi connectivity index (χ3v) is 2.11. The molecule has 0 aromatic carbocycles. The number of aromatic nitrogens is 1. The Morgan fingerprint density at radius 2 is 2.54 bits per heavy atom. The Bertz CT molecular complexity index is 359. The van der Waals surface area contributed by atoms with Gasteiger partial charge in [0.25, 0.3) is 0 Å². The molecule has 1 rings (SSSR count). The van der Waals surface area contributed by atoms with Crippen molar-refractivity contribution >= 4 is 17.7 Å². The summed E-state index contributed by atoms with van der Waals surface area (Å²) in [5, 5.41) is 16.9. The van der Waals surface area contributed by atoms with Crippen LogP contribution in [-0.4, -0.2) is 21.8 Å². The Labute approximate surface area is 79.2 Å². The second kappa shape index (κ2) is 4.48. The molecule has 0 bridgehead atoms. The maximum absolute atomic E-state index is 10.5. The van der Waals surface area contributed by atoms with Crippen molar-refractivity contribution in [3.8, 4) is 6.07 Å². The third-order valence-electron chi connectivity index (χ3n) is 1.25. The first kappa shape index (κ1) is 9.55. The van der Waals surface area contributed by atoms with Crippen LogP contribution in [0.3, 0.4) is 0 Å². The number of nitrogens with zero attached hydrogens (tertiary/aromatic N) is 2. The van der Waals surface area contributed by atoms with Crippen molar-refractivity contribution in [3.63, 3.8) is 0 Å². The van der Waals surface area contributed by atoms with Crippen LogP contribution in [0.2, 0.25) is 0 Å². The summed E-state index contributed by atoms with van der Waals surface area (Å²) in [5.41, 5.74) is 0.00272. The zero-order valence-electron chi connectivity index (χ0n) is 6.60. The third kappa shape index (κ3) is 2.76. The molecule has 4 nitrogen and oxygen atoms in total. The number of carboxylic acid groups (broad SMARTS) is 1. The molecule has 1 N–H and O–H groups in total. The number of hydrogen-bond acceptors (Lipinski definition) is 4. The van der Waals surface area contributed by atoms with Gasteiger partial charge in [-0.3, -0.25) is 0 Å². The van der Waals surface area contributed by atoms with Gasteiger partial charge in [-0.1, -0.05) is 0 Å². The van der Waals surface area contributed by atoms with Crippen LogP contribution >= 0.6 is 11.8 Å². The molecule has 5 heteroatoms. The number of pyridine rings is 1. The fraction of sp³-hybridized carbons (Fsp3) is 0.125. The number of thioether (sulfide) groups is 1. The number of carboxylic acids is 1. The van der Waals surface area contributed by atoms with Gasteiger partial charge in [0, 0.05) is 11.1 Å². The van der Waals surface area contributed by atoms with E-state index >= 15 is 0 Å². The normalized spacial score (nSPS) is 9.15. The highest BCUT2D eigenvalue weighted by atomic mass is 32.2. The van der Waals surface area contributed by atoms with E-state index in [0.717, 1.165) is 4.90 Å². The van der Waals surface area contributed by atoms with Crippen LogP contribution in [0.15, 0.2) is 23.2 Å². The number of carbonyl (C=O) groups is 1. The van der Waals surface area contributed by atoms with Crippen molar-refractivity contribution in [1.82, 2.24) is 4.98 Å². The molecule has 0 amide bonds. The molecule has 0 radical (unpaired) electrons. The minimum atomic E-state index is -1.06. The summed E-state index contributed by atoms with van der Waals surface area (Å²) in [6.07, 6.45) is 1.42. The summed E-state index contributed by atoms with van der Waals surface area (Å²) >= 11 is 1.29. The molecule has 0 atom stereocenters. The lowest BCUT2D eigenvalue weighted by atomic mass is 10.3. The molecular formula is C8H6N2O2S. The van der Waals surface area contributed by atoms with Crippen LogP contribution in [0.1, 0.15) is 10.5 Å². The van der Waals surface area contributed by atoms with Crippen LogP contribution in [0.25, 0.3) is 0 Å². The first-order chi connectivity index (χ1) is 6.24. The van der Waals surface area contributed by atoms with E-state index in [1.54, 1.807) is 6.07 Å². The molecule has 0 aliphatic carbocycles. The van der Waals surface area contributed by atoms with Crippen molar-refractivity contribution < 1.29 is 9.90 Å². The van der Waals surface area contributed by atoms with Gasteiger partial charge < -0.3 is 5.11 Å². The fourth-order valence-corrected chi connectivity index (χ4v) is 1.32. The van der Waals surface area contributed by atoms with Gasteiger partial charge in [0.15, 0.2) is 0 Å². The molecule has 1 aromatic rings. The van der Waals surface area contributed by atoms with Gasteiger partial charge in [-0.2, -0.15) is 5.26 Å². The lowest BCUT2D eigenvalue weighted by Crippen LogP contribution is -1.99. The van der Waals surface area contributed by atoms with E-state index in [0.29, 0.717) is 5.75 Å². The first-order valence-electron chi connectivity index (χ1n) is 3.43. The highest BCUT2D eigenvalue weighted by Gasteiger charge is 2.04. The lowest BCUT2D eigenvalue weighted by molar-refractivity contribution is 0.0690. The van der Waals surface area contributed by atoms with E-state index in [1.807, 2.05) is 6.07 Å². The number of nitriles is 1. The fourth-order valence-electron chi connectivity index (χ4n) is 0.734. The molecule has 0 saturated heterocycles. The molecule has 1 aromatic heterocycles.